The number of fused-ring (bicyclic) bond motifs is 1. The summed E-state index contributed by atoms with van der Waals surface area (Å²) in [6.07, 6.45) is -4.81. The molecule has 0 bridgehead atoms. The zero-order valence-corrected chi connectivity index (χ0v) is 13.7. The highest BCUT2D eigenvalue weighted by Crippen LogP contribution is 2.37. The Bertz CT molecular complexity index is 844. The first-order valence-electron chi connectivity index (χ1n) is 7.64. The topological polar surface area (TPSA) is 24.7 Å². The molecule has 124 valence electrons. The second-order valence-corrected chi connectivity index (χ2v) is 6.08. The number of rotatable bonds is 1. The van der Waals surface area contributed by atoms with E-state index < -0.39 is 11.9 Å². The average Bonchev–Trinajstić information content (AvgIpc) is 2.68. The third-order valence-corrected chi connectivity index (χ3v) is 4.15. The summed E-state index contributed by atoms with van der Waals surface area (Å²) in [6.45, 7) is 5.70. The molecule has 0 fully saturated rings. The number of halogens is 3. The average molecular weight is 330 g/mol. The SMILES string of the molecule is Cc1ccc(C2=Nc3cc(C)c(C)cc3N=C(C(F)(F)F)C2)cc1. The molecule has 1 aliphatic heterocycles. The van der Waals surface area contributed by atoms with Gasteiger partial charge in [0.25, 0.3) is 0 Å². The van der Waals surface area contributed by atoms with Gasteiger partial charge in [0.1, 0.15) is 5.71 Å². The molecule has 2 aromatic carbocycles. The number of hydrogen-bond donors (Lipinski definition) is 0. The Morgan fingerprint density at radius 3 is 1.92 bits per heavy atom. The van der Waals surface area contributed by atoms with Crippen molar-refractivity contribution >= 4 is 22.8 Å². The molecule has 0 radical (unpaired) electrons. The summed E-state index contributed by atoms with van der Waals surface area (Å²) in [5.74, 6) is 0. The van der Waals surface area contributed by atoms with Crippen LogP contribution in [0.4, 0.5) is 24.5 Å². The van der Waals surface area contributed by atoms with Gasteiger partial charge in [0.05, 0.1) is 17.1 Å². The van der Waals surface area contributed by atoms with E-state index in [2.05, 4.69) is 9.98 Å². The van der Waals surface area contributed by atoms with E-state index in [9.17, 15) is 13.2 Å². The fourth-order valence-corrected chi connectivity index (χ4v) is 2.57. The molecule has 0 saturated carbocycles. The van der Waals surface area contributed by atoms with E-state index >= 15 is 0 Å². The van der Waals surface area contributed by atoms with Gasteiger partial charge in [-0.3, -0.25) is 4.99 Å². The minimum Gasteiger partial charge on any atom is -0.250 e. The molecular weight excluding hydrogens is 313 g/mol. The third-order valence-electron chi connectivity index (χ3n) is 4.15. The van der Waals surface area contributed by atoms with Crippen LogP contribution in [0.5, 0.6) is 0 Å². The second-order valence-electron chi connectivity index (χ2n) is 6.08. The number of hydrogen-bond acceptors (Lipinski definition) is 2. The number of aryl methyl sites for hydroxylation is 3. The Kier molecular flexibility index (Phi) is 4.03. The van der Waals surface area contributed by atoms with Crippen LogP contribution in [0, 0.1) is 20.8 Å². The number of alkyl halides is 3. The van der Waals surface area contributed by atoms with Gasteiger partial charge in [0, 0.05) is 6.42 Å². The van der Waals surface area contributed by atoms with Gasteiger partial charge in [-0.05, 0) is 49.6 Å². The zero-order chi connectivity index (χ0) is 17.5. The Labute approximate surface area is 138 Å². The van der Waals surface area contributed by atoms with Gasteiger partial charge >= 0.3 is 6.18 Å². The van der Waals surface area contributed by atoms with Gasteiger partial charge in [-0.1, -0.05) is 29.8 Å². The van der Waals surface area contributed by atoms with Crippen LogP contribution in [0.3, 0.4) is 0 Å². The first-order valence-corrected chi connectivity index (χ1v) is 7.64. The lowest BCUT2D eigenvalue weighted by atomic mass is 10.0. The molecule has 3 rings (SSSR count). The van der Waals surface area contributed by atoms with Gasteiger partial charge in [-0.25, -0.2) is 4.99 Å². The highest BCUT2D eigenvalue weighted by Gasteiger charge is 2.37. The molecule has 0 saturated heterocycles. The lowest BCUT2D eigenvalue weighted by molar-refractivity contribution is -0.0596. The molecule has 0 aliphatic carbocycles. The van der Waals surface area contributed by atoms with Crippen LogP contribution >= 0.6 is 0 Å². The van der Waals surface area contributed by atoms with Crippen LogP contribution in [0.1, 0.15) is 28.7 Å². The summed E-state index contributed by atoms with van der Waals surface area (Å²) in [6, 6.07) is 10.8. The molecule has 1 aliphatic rings. The molecule has 1 heterocycles. The first-order chi connectivity index (χ1) is 11.2. The van der Waals surface area contributed by atoms with Gasteiger partial charge < -0.3 is 0 Å². The van der Waals surface area contributed by atoms with Crippen molar-refractivity contribution < 1.29 is 13.2 Å². The molecule has 24 heavy (non-hydrogen) atoms. The van der Waals surface area contributed by atoms with Crippen LogP contribution in [0.15, 0.2) is 46.4 Å². The molecule has 5 heteroatoms. The molecule has 2 aromatic rings. The predicted octanol–water partition coefficient (Wildman–Crippen LogP) is 5.77. The minimum absolute atomic E-state index is 0.271. The molecule has 0 amide bonds. The number of benzene rings is 2. The number of nitrogens with zero attached hydrogens (tertiary/aromatic N) is 2. The van der Waals surface area contributed by atoms with Gasteiger partial charge in [-0.2, -0.15) is 13.2 Å². The Morgan fingerprint density at radius 1 is 0.833 bits per heavy atom. The third kappa shape index (κ3) is 3.25. The van der Waals surface area contributed by atoms with Crippen LogP contribution in [-0.2, 0) is 0 Å². The smallest absolute Gasteiger partial charge is 0.250 e. The van der Waals surface area contributed by atoms with Crippen LogP contribution in [-0.4, -0.2) is 17.6 Å². The standard InChI is InChI=1S/C19H17F3N2/c1-11-4-6-14(7-5-11)15-10-18(19(20,21)22)24-17-9-13(3)12(2)8-16(17)23-15/h4-9H,10H2,1-3H3. The van der Waals surface area contributed by atoms with Crippen molar-refractivity contribution in [2.24, 2.45) is 9.98 Å². The van der Waals surface area contributed by atoms with Gasteiger partial charge in [0.15, 0.2) is 0 Å². The summed E-state index contributed by atoms with van der Waals surface area (Å²) in [7, 11) is 0. The van der Waals surface area contributed by atoms with Crippen molar-refractivity contribution in [2.75, 3.05) is 0 Å². The summed E-state index contributed by atoms with van der Waals surface area (Å²) >= 11 is 0. The van der Waals surface area contributed by atoms with Crippen molar-refractivity contribution in [2.45, 2.75) is 33.4 Å². The van der Waals surface area contributed by atoms with E-state index in [0.717, 1.165) is 16.7 Å². The maximum Gasteiger partial charge on any atom is 0.429 e. The summed E-state index contributed by atoms with van der Waals surface area (Å²) in [5.41, 5.74) is 3.92. The summed E-state index contributed by atoms with van der Waals surface area (Å²) in [5, 5.41) is 0. The predicted molar refractivity (Wildman–Crippen MR) is 91.1 cm³/mol. The summed E-state index contributed by atoms with van der Waals surface area (Å²) < 4.78 is 40.1. The summed E-state index contributed by atoms with van der Waals surface area (Å²) in [4.78, 5) is 8.39. The highest BCUT2D eigenvalue weighted by atomic mass is 19.4. The van der Waals surface area contributed by atoms with Crippen LogP contribution < -0.4 is 0 Å². The fourth-order valence-electron chi connectivity index (χ4n) is 2.57. The van der Waals surface area contributed by atoms with Crippen molar-refractivity contribution in [3.05, 3.63) is 58.7 Å². The maximum absolute atomic E-state index is 13.4. The van der Waals surface area contributed by atoms with Crippen LogP contribution in [0.2, 0.25) is 0 Å². The Morgan fingerprint density at radius 2 is 1.38 bits per heavy atom. The normalized spacial score (nSPS) is 14.6. The Balaban J connectivity index is 2.20. The molecule has 0 unspecified atom stereocenters. The molecular formula is C19H17F3N2. The molecule has 2 nitrogen and oxygen atoms in total. The lowest BCUT2D eigenvalue weighted by Crippen LogP contribution is -2.25. The van der Waals surface area contributed by atoms with E-state index in [1.165, 1.54) is 0 Å². The van der Waals surface area contributed by atoms with Gasteiger partial charge in [0.2, 0.25) is 0 Å². The first kappa shape index (κ1) is 16.4. The van der Waals surface area contributed by atoms with Crippen molar-refractivity contribution in [3.63, 3.8) is 0 Å². The van der Waals surface area contributed by atoms with E-state index in [-0.39, 0.29) is 12.1 Å². The highest BCUT2D eigenvalue weighted by molar-refractivity contribution is 6.16. The molecule has 0 N–H and O–H groups in total. The lowest BCUT2D eigenvalue weighted by Gasteiger charge is -2.10. The zero-order valence-electron chi connectivity index (χ0n) is 13.7. The van der Waals surface area contributed by atoms with Gasteiger partial charge in [-0.15, -0.1) is 0 Å². The molecule has 0 spiro atoms. The van der Waals surface area contributed by atoms with Crippen molar-refractivity contribution in [3.8, 4) is 0 Å². The maximum atomic E-state index is 13.4. The van der Waals surface area contributed by atoms with E-state index in [1.807, 2.05) is 32.9 Å². The van der Waals surface area contributed by atoms with E-state index in [0.29, 0.717) is 17.0 Å². The van der Waals surface area contributed by atoms with E-state index in [4.69, 9.17) is 0 Å². The van der Waals surface area contributed by atoms with Crippen LogP contribution in [0.25, 0.3) is 0 Å². The quantitative estimate of drug-likeness (QED) is 0.634. The molecule has 0 atom stereocenters. The minimum atomic E-state index is -4.48. The monoisotopic (exact) mass is 330 g/mol. The molecule has 0 aromatic heterocycles. The Hall–Kier alpha value is -2.43. The second kappa shape index (κ2) is 5.89. The largest absolute Gasteiger partial charge is 0.429 e. The van der Waals surface area contributed by atoms with E-state index in [1.54, 1.807) is 24.3 Å². The van der Waals surface area contributed by atoms with Crippen molar-refractivity contribution in [1.82, 2.24) is 0 Å². The number of aliphatic imine (C=N–C) groups is 2. The fraction of sp³-hybridized carbons (Fsp3) is 0.263. The van der Waals surface area contributed by atoms with Crippen molar-refractivity contribution in [1.29, 1.82) is 0 Å².